The van der Waals surface area contributed by atoms with E-state index in [1.54, 1.807) is 48.5 Å². The van der Waals surface area contributed by atoms with E-state index in [-0.39, 0.29) is 13.0 Å². The fourth-order valence-corrected chi connectivity index (χ4v) is 3.44. The zero-order valence-electron chi connectivity index (χ0n) is 17.3. The van der Waals surface area contributed by atoms with Crippen LogP contribution in [0.2, 0.25) is 0 Å². The molecule has 168 valence electrons. The molecule has 0 saturated heterocycles. The van der Waals surface area contributed by atoms with E-state index in [0.29, 0.717) is 27.9 Å². The molecule has 2 N–H and O–H groups in total. The minimum Gasteiger partial charge on any atom is -0.480 e. The lowest BCUT2D eigenvalue weighted by Crippen LogP contribution is -2.42. The van der Waals surface area contributed by atoms with Crippen molar-refractivity contribution in [2.75, 3.05) is 0 Å². The minimum atomic E-state index is -1.18. The molecule has 0 radical (unpaired) electrons. The summed E-state index contributed by atoms with van der Waals surface area (Å²) in [4.78, 5) is 23.6. The van der Waals surface area contributed by atoms with Crippen LogP contribution in [0, 0.1) is 11.6 Å². The third-order valence-corrected chi connectivity index (χ3v) is 4.98. The summed E-state index contributed by atoms with van der Waals surface area (Å²) in [6.45, 7) is -0.220. The number of benzene rings is 3. The van der Waals surface area contributed by atoms with E-state index in [4.69, 9.17) is 9.15 Å². The number of aliphatic carboxylic acids is 1. The molecule has 6 nitrogen and oxygen atoms in total. The van der Waals surface area contributed by atoms with Crippen LogP contribution in [-0.2, 0) is 22.6 Å². The third-order valence-electron chi connectivity index (χ3n) is 4.98. The van der Waals surface area contributed by atoms with E-state index in [1.165, 1.54) is 12.1 Å². The molecule has 3 aromatic carbocycles. The van der Waals surface area contributed by atoms with Gasteiger partial charge in [0, 0.05) is 17.9 Å². The van der Waals surface area contributed by atoms with Gasteiger partial charge in [-0.05, 0) is 47.0 Å². The Morgan fingerprint density at radius 2 is 1.67 bits per heavy atom. The highest BCUT2D eigenvalue weighted by Gasteiger charge is 2.21. The number of furan rings is 1. The number of carbonyl (C=O) groups excluding carboxylic acids is 1. The summed E-state index contributed by atoms with van der Waals surface area (Å²) in [7, 11) is 0. The van der Waals surface area contributed by atoms with Gasteiger partial charge < -0.3 is 19.6 Å². The molecule has 0 aliphatic heterocycles. The number of hydrogen-bond donors (Lipinski definition) is 2. The van der Waals surface area contributed by atoms with E-state index in [2.05, 4.69) is 5.32 Å². The van der Waals surface area contributed by atoms with Gasteiger partial charge in [-0.2, -0.15) is 0 Å². The molecule has 0 aliphatic carbocycles. The van der Waals surface area contributed by atoms with Crippen LogP contribution in [0.25, 0.3) is 22.1 Å². The second-order valence-electron chi connectivity index (χ2n) is 7.42. The maximum atomic E-state index is 13.5. The predicted octanol–water partition coefficient (Wildman–Crippen LogP) is 5.30. The highest BCUT2D eigenvalue weighted by molar-refractivity contribution is 5.84. The fraction of sp³-hybridized carbons (Fsp3) is 0.120. The Morgan fingerprint density at radius 3 is 2.36 bits per heavy atom. The van der Waals surface area contributed by atoms with Gasteiger partial charge in [-0.25, -0.2) is 18.4 Å². The number of halogens is 2. The van der Waals surface area contributed by atoms with Gasteiger partial charge in [0.25, 0.3) is 0 Å². The number of carboxylic acids is 1. The van der Waals surface area contributed by atoms with Gasteiger partial charge in [0.05, 0.1) is 0 Å². The number of rotatable bonds is 7. The van der Waals surface area contributed by atoms with Crippen molar-refractivity contribution in [1.82, 2.24) is 5.32 Å². The van der Waals surface area contributed by atoms with Crippen LogP contribution in [0.4, 0.5) is 13.6 Å². The van der Waals surface area contributed by atoms with Gasteiger partial charge in [0.2, 0.25) is 0 Å². The van der Waals surface area contributed by atoms with Crippen LogP contribution < -0.4 is 5.32 Å². The normalized spacial score (nSPS) is 11.8. The summed E-state index contributed by atoms with van der Waals surface area (Å²) in [6.07, 6.45) is -0.783. The van der Waals surface area contributed by atoms with Crippen molar-refractivity contribution in [3.63, 3.8) is 0 Å². The lowest BCUT2D eigenvalue weighted by atomic mass is 10.0. The Morgan fingerprint density at radius 1 is 0.939 bits per heavy atom. The number of hydrogen-bond acceptors (Lipinski definition) is 4. The van der Waals surface area contributed by atoms with E-state index in [0.717, 1.165) is 11.6 Å². The Balaban J connectivity index is 1.41. The Labute approximate surface area is 187 Å². The smallest absolute Gasteiger partial charge is 0.408 e. The predicted molar refractivity (Wildman–Crippen MR) is 116 cm³/mol. The van der Waals surface area contributed by atoms with Gasteiger partial charge in [0.15, 0.2) is 6.61 Å². The molecule has 1 atom stereocenters. The van der Waals surface area contributed by atoms with Crippen LogP contribution in [0.1, 0.15) is 11.3 Å². The van der Waals surface area contributed by atoms with Gasteiger partial charge in [-0.3, -0.25) is 0 Å². The fourth-order valence-electron chi connectivity index (χ4n) is 3.44. The molecule has 0 fully saturated rings. The van der Waals surface area contributed by atoms with Crippen molar-refractivity contribution < 1.29 is 32.6 Å². The maximum Gasteiger partial charge on any atom is 0.408 e. The largest absolute Gasteiger partial charge is 0.480 e. The summed E-state index contributed by atoms with van der Waals surface area (Å²) in [5.41, 5.74) is 2.24. The third kappa shape index (κ3) is 5.54. The monoisotopic (exact) mass is 451 g/mol. The first kappa shape index (κ1) is 22.0. The van der Waals surface area contributed by atoms with Crippen molar-refractivity contribution in [3.05, 3.63) is 95.8 Å². The van der Waals surface area contributed by atoms with Gasteiger partial charge in [-0.15, -0.1) is 0 Å². The number of carbonyl (C=O) groups is 2. The van der Waals surface area contributed by atoms with E-state index in [1.807, 2.05) is 6.07 Å². The number of fused-ring (bicyclic) bond motifs is 1. The molecule has 0 aliphatic rings. The standard InChI is InChI=1S/C25H19F2NO5/c26-19-10-17(11-20(27)13-19)16-6-7-23-18(9-16)12-21(33-23)14-32-25(31)28-22(24(29)30)8-15-4-2-1-3-5-15/h1-7,9-13,22H,8,14H2,(H,28,31)(H,29,30). The summed E-state index contributed by atoms with van der Waals surface area (Å²) < 4.78 is 37.8. The van der Waals surface area contributed by atoms with Crippen LogP contribution in [-0.4, -0.2) is 23.2 Å². The molecule has 33 heavy (non-hydrogen) atoms. The molecule has 0 bridgehead atoms. The Hall–Kier alpha value is -4.20. The molecule has 0 saturated carbocycles. The van der Waals surface area contributed by atoms with Gasteiger partial charge in [0.1, 0.15) is 29.0 Å². The Bertz CT molecular complexity index is 1280. The van der Waals surface area contributed by atoms with E-state index in [9.17, 15) is 23.5 Å². The molecule has 4 aromatic rings. The lowest BCUT2D eigenvalue weighted by Gasteiger charge is -2.14. The lowest BCUT2D eigenvalue weighted by molar-refractivity contribution is -0.139. The summed E-state index contributed by atoms with van der Waals surface area (Å²) >= 11 is 0. The number of amides is 1. The van der Waals surface area contributed by atoms with Crippen molar-refractivity contribution in [1.29, 1.82) is 0 Å². The van der Waals surface area contributed by atoms with Crippen LogP contribution in [0.15, 0.2) is 77.2 Å². The van der Waals surface area contributed by atoms with Crippen molar-refractivity contribution in [3.8, 4) is 11.1 Å². The zero-order chi connectivity index (χ0) is 23.4. The van der Waals surface area contributed by atoms with Crippen molar-refractivity contribution in [2.24, 2.45) is 0 Å². The van der Waals surface area contributed by atoms with Crippen LogP contribution in [0.5, 0.6) is 0 Å². The van der Waals surface area contributed by atoms with Crippen molar-refractivity contribution in [2.45, 2.75) is 19.1 Å². The molecule has 8 heteroatoms. The number of carboxylic acid groups (broad SMARTS) is 1. The van der Waals surface area contributed by atoms with E-state index >= 15 is 0 Å². The number of alkyl carbamates (subject to hydrolysis) is 1. The molecule has 1 aromatic heterocycles. The maximum absolute atomic E-state index is 13.5. The molecule has 0 spiro atoms. The average molecular weight is 451 g/mol. The molecule has 1 amide bonds. The van der Waals surface area contributed by atoms with E-state index < -0.39 is 29.7 Å². The average Bonchev–Trinajstić information content (AvgIpc) is 3.19. The minimum absolute atomic E-state index is 0.110. The molecule has 4 rings (SSSR count). The SMILES string of the molecule is O=C(NC(Cc1ccccc1)C(=O)O)OCc1cc2cc(-c3cc(F)cc(F)c3)ccc2o1. The molecular weight excluding hydrogens is 432 g/mol. The summed E-state index contributed by atoms with van der Waals surface area (Å²) in [5.74, 6) is -2.20. The van der Waals surface area contributed by atoms with Gasteiger partial charge in [-0.1, -0.05) is 36.4 Å². The summed E-state index contributed by atoms with van der Waals surface area (Å²) in [5, 5.41) is 12.4. The molecule has 1 heterocycles. The Kier molecular flexibility index (Phi) is 6.35. The second kappa shape index (κ2) is 9.52. The molecular formula is C25H19F2NO5. The van der Waals surface area contributed by atoms with Crippen LogP contribution in [0.3, 0.4) is 0 Å². The first-order valence-corrected chi connectivity index (χ1v) is 10.1. The topological polar surface area (TPSA) is 88.8 Å². The second-order valence-corrected chi connectivity index (χ2v) is 7.42. The summed E-state index contributed by atoms with van der Waals surface area (Å²) in [6, 6.07) is 17.7. The molecule has 1 unspecified atom stereocenters. The zero-order valence-corrected chi connectivity index (χ0v) is 17.3. The highest BCUT2D eigenvalue weighted by Crippen LogP contribution is 2.28. The first-order valence-electron chi connectivity index (χ1n) is 10.1. The number of ether oxygens (including phenoxy) is 1. The highest BCUT2D eigenvalue weighted by atomic mass is 19.1. The van der Waals surface area contributed by atoms with Crippen LogP contribution >= 0.6 is 0 Å². The quantitative estimate of drug-likeness (QED) is 0.398. The van der Waals surface area contributed by atoms with Crippen molar-refractivity contribution >= 4 is 23.0 Å². The van der Waals surface area contributed by atoms with Gasteiger partial charge >= 0.3 is 12.1 Å². The number of nitrogens with one attached hydrogen (secondary N) is 1. The first-order chi connectivity index (χ1) is 15.9.